The van der Waals surface area contributed by atoms with E-state index in [0.717, 1.165) is 50.9 Å². The van der Waals surface area contributed by atoms with Crippen molar-refractivity contribution >= 4 is 6.03 Å². The van der Waals surface area contributed by atoms with E-state index in [4.69, 9.17) is 4.98 Å². The van der Waals surface area contributed by atoms with Gasteiger partial charge in [-0.2, -0.15) is 0 Å². The normalized spacial score (nSPS) is 20.0. The fourth-order valence-corrected chi connectivity index (χ4v) is 4.88. The van der Waals surface area contributed by atoms with E-state index in [1.165, 1.54) is 24.2 Å². The monoisotopic (exact) mass is 380 g/mol. The SMILES string of the molecule is CC[C@@H](c1ccccc1)[C@H]1CCCN1C(=O)NCCc1cn2c(n1)CCCC2. The first kappa shape index (κ1) is 19.0. The predicted molar refractivity (Wildman–Crippen MR) is 111 cm³/mol. The van der Waals surface area contributed by atoms with E-state index >= 15 is 0 Å². The van der Waals surface area contributed by atoms with Gasteiger partial charge in [0.1, 0.15) is 5.82 Å². The minimum atomic E-state index is 0.0841. The van der Waals surface area contributed by atoms with Crippen LogP contribution in [0.1, 0.15) is 62.0 Å². The predicted octanol–water partition coefficient (Wildman–Crippen LogP) is 4.13. The van der Waals surface area contributed by atoms with E-state index in [0.29, 0.717) is 18.5 Å². The second kappa shape index (κ2) is 8.80. The van der Waals surface area contributed by atoms with Crippen LogP contribution in [0.4, 0.5) is 4.79 Å². The molecule has 0 aliphatic carbocycles. The van der Waals surface area contributed by atoms with Crippen LogP contribution in [-0.4, -0.2) is 39.6 Å². The van der Waals surface area contributed by atoms with Gasteiger partial charge in [-0.15, -0.1) is 0 Å². The summed E-state index contributed by atoms with van der Waals surface area (Å²) in [5.74, 6) is 1.62. The van der Waals surface area contributed by atoms with Crippen LogP contribution in [0.2, 0.25) is 0 Å². The molecule has 1 aromatic heterocycles. The van der Waals surface area contributed by atoms with Gasteiger partial charge in [-0.3, -0.25) is 0 Å². The smallest absolute Gasteiger partial charge is 0.317 e. The molecule has 0 saturated carbocycles. The number of imidazole rings is 1. The van der Waals surface area contributed by atoms with Gasteiger partial charge in [-0.1, -0.05) is 37.3 Å². The molecule has 2 aromatic rings. The third-order valence-corrected chi connectivity index (χ3v) is 6.31. The molecule has 0 unspecified atom stereocenters. The molecule has 1 fully saturated rings. The molecule has 2 amide bonds. The molecule has 5 nitrogen and oxygen atoms in total. The second-order valence-electron chi connectivity index (χ2n) is 8.11. The quantitative estimate of drug-likeness (QED) is 0.819. The first-order valence-electron chi connectivity index (χ1n) is 10.9. The van der Waals surface area contributed by atoms with Gasteiger partial charge in [0.25, 0.3) is 0 Å². The zero-order valence-corrected chi connectivity index (χ0v) is 16.9. The lowest BCUT2D eigenvalue weighted by molar-refractivity contribution is 0.184. The molecule has 1 saturated heterocycles. The Morgan fingerprint density at radius 1 is 1.21 bits per heavy atom. The number of likely N-dealkylation sites (tertiary alicyclic amines) is 1. The molecule has 1 N–H and O–H groups in total. The molecule has 28 heavy (non-hydrogen) atoms. The van der Waals surface area contributed by atoms with E-state index in [-0.39, 0.29) is 6.03 Å². The number of hydrogen-bond donors (Lipinski definition) is 1. The summed E-state index contributed by atoms with van der Waals surface area (Å²) >= 11 is 0. The largest absolute Gasteiger partial charge is 0.338 e. The maximum atomic E-state index is 12.9. The third kappa shape index (κ3) is 4.08. The van der Waals surface area contributed by atoms with Crippen LogP contribution in [0.5, 0.6) is 0 Å². The molecule has 4 rings (SSSR count). The van der Waals surface area contributed by atoms with Crippen molar-refractivity contribution in [3.63, 3.8) is 0 Å². The average Bonchev–Trinajstić information content (AvgIpc) is 3.36. The van der Waals surface area contributed by atoms with Crippen molar-refractivity contribution in [3.05, 3.63) is 53.6 Å². The Balaban J connectivity index is 1.34. The van der Waals surface area contributed by atoms with E-state index in [2.05, 4.69) is 58.2 Å². The highest BCUT2D eigenvalue weighted by Gasteiger charge is 2.34. The molecule has 0 spiro atoms. The molecule has 3 heterocycles. The second-order valence-corrected chi connectivity index (χ2v) is 8.11. The highest BCUT2D eigenvalue weighted by molar-refractivity contribution is 5.75. The van der Waals surface area contributed by atoms with Crippen molar-refractivity contribution in [2.24, 2.45) is 0 Å². The molecule has 1 aromatic carbocycles. The number of nitrogens with zero attached hydrogens (tertiary/aromatic N) is 3. The van der Waals surface area contributed by atoms with Gasteiger partial charge in [-0.25, -0.2) is 9.78 Å². The van der Waals surface area contributed by atoms with Gasteiger partial charge in [0.2, 0.25) is 0 Å². The van der Waals surface area contributed by atoms with Gasteiger partial charge in [0.05, 0.1) is 5.69 Å². The number of hydrogen-bond acceptors (Lipinski definition) is 2. The average molecular weight is 381 g/mol. The Morgan fingerprint density at radius 3 is 2.86 bits per heavy atom. The lowest BCUT2D eigenvalue weighted by Gasteiger charge is -2.31. The van der Waals surface area contributed by atoms with E-state index in [1.54, 1.807) is 0 Å². The summed E-state index contributed by atoms with van der Waals surface area (Å²) in [4.78, 5) is 19.7. The Hall–Kier alpha value is -2.30. The number of benzene rings is 1. The molecule has 0 radical (unpaired) electrons. The van der Waals surface area contributed by atoms with E-state index < -0.39 is 0 Å². The van der Waals surface area contributed by atoms with Crippen LogP contribution in [0.25, 0.3) is 0 Å². The van der Waals surface area contributed by atoms with Crippen LogP contribution in [0.3, 0.4) is 0 Å². The highest BCUT2D eigenvalue weighted by atomic mass is 16.2. The van der Waals surface area contributed by atoms with Crippen molar-refractivity contribution in [1.29, 1.82) is 0 Å². The summed E-state index contributed by atoms with van der Waals surface area (Å²) < 4.78 is 2.28. The Labute approximate surface area is 168 Å². The fourth-order valence-electron chi connectivity index (χ4n) is 4.88. The van der Waals surface area contributed by atoms with Crippen LogP contribution in [-0.2, 0) is 19.4 Å². The highest BCUT2D eigenvalue weighted by Crippen LogP contribution is 2.33. The van der Waals surface area contributed by atoms with E-state index in [1.807, 2.05) is 0 Å². The Bertz CT molecular complexity index is 762. The number of amides is 2. The number of carbonyl (C=O) groups is 1. The first-order valence-corrected chi connectivity index (χ1v) is 10.9. The van der Waals surface area contributed by atoms with Crippen molar-refractivity contribution in [2.75, 3.05) is 13.1 Å². The molecule has 0 bridgehead atoms. The molecular weight excluding hydrogens is 348 g/mol. The lowest BCUT2D eigenvalue weighted by atomic mass is 9.88. The minimum Gasteiger partial charge on any atom is -0.338 e. The molecule has 2 aliphatic rings. The first-order chi connectivity index (χ1) is 13.8. The van der Waals surface area contributed by atoms with Crippen LogP contribution >= 0.6 is 0 Å². The molecule has 5 heteroatoms. The third-order valence-electron chi connectivity index (χ3n) is 6.31. The van der Waals surface area contributed by atoms with Gasteiger partial charge in [0.15, 0.2) is 0 Å². The van der Waals surface area contributed by atoms with Crippen LogP contribution in [0, 0.1) is 0 Å². The molecule has 2 atom stereocenters. The number of carbonyl (C=O) groups excluding carboxylic acids is 1. The summed E-state index contributed by atoms with van der Waals surface area (Å²) in [5.41, 5.74) is 2.45. The number of nitrogens with one attached hydrogen (secondary N) is 1. The maximum absolute atomic E-state index is 12.9. The van der Waals surface area contributed by atoms with Crippen molar-refractivity contribution in [1.82, 2.24) is 19.8 Å². The van der Waals surface area contributed by atoms with Crippen LogP contribution < -0.4 is 5.32 Å². The standard InChI is InChI=1S/C23H32N4O/c1-2-20(18-9-4-3-5-10-18)21-11-8-16-27(21)23(28)24-14-13-19-17-26-15-7-6-12-22(26)25-19/h3-5,9-10,17,20-21H,2,6-8,11-16H2,1H3,(H,24,28)/t20-,21+/m0/s1. The maximum Gasteiger partial charge on any atom is 0.317 e. The van der Waals surface area contributed by atoms with Crippen molar-refractivity contribution < 1.29 is 4.79 Å². The van der Waals surface area contributed by atoms with Gasteiger partial charge < -0.3 is 14.8 Å². The lowest BCUT2D eigenvalue weighted by Crippen LogP contribution is -2.45. The molecule has 2 aliphatic heterocycles. The zero-order chi connectivity index (χ0) is 19.3. The Kier molecular flexibility index (Phi) is 5.98. The van der Waals surface area contributed by atoms with Gasteiger partial charge >= 0.3 is 6.03 Å². The van der Waals surface area contributed by atoms with Gasteiger partial charge in [-0.05, 0) is 37.7 Å². The fraction of sp³-hybridized carbons (Fsp3) is 0.565. The molecule has 150 valence electrons. The van der Waals surface area contributed by atoms with E-state index in [9.17, 15) is 4.79 Å². The zero-order valence-electron chi connectivity index (χ0n) is 16.9. The Morgan fingerprint density at radius 2 is 2.07 bits per heavy atom. The van der Waals surface area contributed by atoms with Gasteiger partial charge in [0, 0.05) is 50.6 Å². The number of aryl methyl sites for hydroxylation is 2. The molecular formula is C23H32N4O. The summed E-state index contributed by atoms with van der Waals surface area (Å²) in [6.45, 7) is 4.83. The topological polar surface area (TPSA) is 50.2 Å². The summed E-state index contributed by atoms with van der Waals surface area (Å²) in [6, 6.07) is 11.0. The summed E-state index contributed by atoms with van der Waals surface area (Å²) in [7, 11) is 0. The van der Waals surface area contributed by atoms with Crippen LogP contribution in [0.15, 0.2) is 36.5 Å². The minimum absolute atomic E-state index is 0.0841. The number of rotatable bonds is 6. The summed E-state index contributed by atoms with van der Waals surface area (Å²) in [5, 5.41) is 3.15. The number of aromatic nitrogens is 2. The number of urea groups is 1. The van der Waals surface area contributed by atoms with Crippen molar-refractivity contribution in [2.45, 2.75) is 70.4 Å². The number of fused-ring (bicyclic) bond motifs is 1. The summed E-state index contributed by atoms with van der Waals surface area (Å²) in [6.07, 6.45) is 9.78. The van der Waals surface area contributed by atoms with Crippen molar-refractivity contribution in [3.8, 4) is 0 Å².